The molecule has 0 saturated carbocycles. The summed E-state index contributed by atoms with van der Waals surface area (Å²) in [4.78, 5) is 21.7. The van der Waals surface area contributed by atoms with Gasteiger partial charge in [-0.1, -0.05) is 12.1 Å². The first-order valence-electron chi connectivity index (χ1n) is 9.53. The highest BCUT2D eigenvalue weighted by molar-refractivity contribution is 5.97. The number of anilines is 1. The Bertz CT molecular complexity index is 1030. The fraction of sp³-hybridized carbons (Fsp3) is 0.364. The molecular formula is C22H25N3O3. The first-order valence-corrected chi connectivity index (χ1v) is 9.53. The number of aromatic nitrogens is 1. The number of carbonyl (C=O) groups excluding carboxylic acids is 1. The summed E-state index contributed by atoms with van der Waals surface area (Å²) in [5.41, 5.74) is 3.84. The van der Waals surface area contributed by atoms with E-state index in [4.69, 9.17) is 9.15 Å². The van der Waals surface area contributed by atoms with Crippen molar-refractivity contribution < 1.29 is 13.9 Å². The predicted octanol–water partition coefficient (Wildman–Crippen LogP) is 3.72. The molecule has 1 saturated heterocycles. The number of aryl methyl sites for hydroxylation is 3. The lowest BCUT2D eigenvalue weighted by Crippen LogP contribution is -2.49. The van der Waals surface area contributed by atoms with E-state index in [0.717, 1.165) is 41.1 Å². The van der Waals surface area contributed by atoms with Gasteiger partial charge in [0.25, 0.3) is 5.91 Å². The first-order chi connectivity index (χ1) is 13.5. The average molecular weight is 379 g/mol. The van der Waals surface area contributed by atoms with Crippen molar-refractivity contribution in [3.63, 3.8) is 0 Å². The largest absolute Gasteiger partial charge is 0.494 e. The number of piperazine rings is 1. The molecule has 1 aromatic carbocycles. The number of hydrogen-bond donors (Lipinski definition) is 0. The summed E-state index contributed by atoms with van der Waals surface area (Å²) >= 11 is 0. The van der Waals surface area contributed by atoms with Crippen molar-refractivity contribution in [2.75, 3.05) is 38.2 Å². The summed E-state index contributed by atoms with van der Waals surface area (Å²) in [5, 5.41) is 1.08. The summed E-state index contributed by atoms with van der Waals surface area (Å²) in [7, 11) is 1.67. The third-order valence-corrected chi connectivity index (χ3v) is 5.39. The summed E-state index contributed by atoms with van der Waals surface area (Å²) < 4.78 is 11.0. The number of fused-ring (bicyclic) bond motifs is 1. The lowest BCUT2D eigenvalue weighted by molar-refractivity contribution is 0.0745. The van der Waals surface area contributed by atoms with Crippen LogP contribution in [-0.4, -0.2) is 49.1 Å². The predicted molar refractivity (Wildman–Crippen MR) is 109 cm³/mol. The highest BCUT2D eigenvalue weighted by Crippen LogP contribution is 2.34. The first kappa shape index (κ1) is 18.3. The minimum absolute atomic E-state index is 0.0481. The zero-order valence-corrected chi connectivity index (χ0v) is 16.8. The molecule has 1 aliphatic heterocycles. The quantitative estimate of drug-likeness (QED) is 0.694. The number of para-hydroxylation sites is 1. The van der Waals surface area contributed by atoms with Crippen molar-refractivity contribution >= 4 is 22.5 Å². The highest BCUT2D eigenvalue weighted by Gasteiger charge is 2.26. The van der Waals surface area contributed by atoms with Crippen LogP contribution in [0.5, 0.6) is 5.75 Å². The maximum atomic E-state index is 12.9. The van der Waals surface area contributed by atoms with Crippen molar-refractivity contribution in [2.45, 2.75) is 20.8 Å². The average Bonchev–Trinajstić information content (AvgIpc) is 3.05. The van der Waals surface area contributed by atoms with Crippen LogP contribution in [-0.2, 0) is 0 Å². The third-order valence-electron chi connectivity index (χ3n) is 5.39. The standard InChI is InChI=1S/C22H25N3O3/c1-14-13-23-20-17(6-5-7-19(20)27-4)21(14)24-8-10-25(11-9-24)22(26)18-12-15(2)28-16(18)3/h5-7,12-13H,8-11H2,1-4H3. The van der Waals surface area contributed by atoms with E-state index in [-0.39, 0.29) is 5.91 Å². The van der Waals surface area contributed by atoms with E-state index in [2.05, 4.69) is 22.9 Å². The molecule has 146 valence electrons. The molecule has 1 aliphatic rings. The number of furan rings is 1. The van der Waals surface area contributed by atoms with Gasteiger partial charge in [-0.15, -0.1) is 0 Å². The maximum absolute atomic E-state index is 12.9. The van der Waals surface area contributed by atoms with Crippen LogP contribution in [0.15, 0.2) is 34.9 Å². The monoisotopic (exact) mass is 379 g/mol. The fourth-order valence-corrected chi connectivity index (χ4v) is 4.01. The Morgan fingerprint density at radius 1 is 1.14 bits per heavy atom. The molecule has 1 fully saturated rings. The van der Waals surface area contributed by atoms with Crippen molar-refractivity contribution in [3.05, 3.63) is 53.1 Å². The van der Waals surface area contributed by atoms with Gasteiger partial charge in [0.1, 0.15) is 22.8 Å². The molecule has 0 aliphatic carbocycles. The molecule has 6 nitrogen and oxygen atoms in total. The molecule has 1 amide bonds. The summed E-state index contributed by atoms with van der Waals surface area (Å²) in [6.07, 6.45) is 1.90. The molecule has 0 radical (unpaired) electrons. The lowest BCUT2D eigenvalue weighted by Gasteiger charge is -2.37. The van der Waals surface area contributed by atoms with Crippen LogP contribution >= 0.6 is 0 Å². The number of carbonyl (C=O) groups is 1. The molecule has 0 bridgehead atoms. The summed E-state index contributed by atoms with van der Waals surface area (Å²) in [5.74, 6) is 2.28. The number of benzene rings is 1. The molecule has 0 N–H and O–H groups in total. The van der Waals surface area contributed by atoms with Gasteiger partial charge in [-0.25, -0.2) is 0 Å². The van der Waals surface area contributed by atoms with Crippen LogP contribution in [0.4, 0.5) is 5.69 Å². The Morgan fingerprint density at radius 3 is 2.54 bits per heavy atom. The Kier molecular flexibility index (Phi) is 4.71. The topological polar surface area (TPSA) is 58.8 Å². The maximum Gasteiger partial charge on any atom is 0.257 e. The van der Waals surface area contributed by atoms with Crippen LogP contribution in [0, 0.1) is 20.8 Å². The van der Waals surface area contributed by atoms with Crippen molar-refractivity contribution in [1.29, 1.82) is 0 Å². The molecular weight excluding hydrogens is 354 g/mol. The van der Waals surface area contributed by atoms with Crippen LogP contribution in [0.3, 0.4) is 0 Å². The Morgan fingerprint density at radius 2 is 1.89 bits per heavy atom. The Labute approximate surface area is 164 Å². The second-order valence-electron chi connectivity index (χ2n) is 7.25. The van der Waals surface area contributed by atoms with E-state index in [9.17, 15) is 4.79 Å². The van der Waals surface area contributed by atoms with Crippen molar-refractivity contribution in [3.8, 4) is 5.75 Å². The van der Waals surface area contributed by atoms with Crippen LogP contribution in [0.2, 0.25) is 0 Å². The van der Waals surface area contributed by atoms with Gasteiger partial charge in [0, 0.05) is 37.8 Å². The second kappa shape index (κ2) is 7.19. The minimum atomic E-state index is 0.0481. The number of amides is 1. The SMILES string of the molecule is COc1cccc2c(N3CCN(C(=O)c4cc(C)oc4C)CC3)c(C)cnc12. The van der Waals surface area contributed by atoms with E-state index in [1.165, 1.54) is 5.69 Å². The number of nitrogens with zero attached hydrogens (tertiary/aromatic N) is 3. The zero-order chi connectivity index (χ0) is 19.8. The van der Waals surface area contributed by atoms with Crippen molar-refractivity contribution in [1.82, 2.24) is 9.88 Å². The normalized spacial score (nSPS) is 14.6. The molecule has 2 aromatic heterocycles. The van der Waals surface area contributed by atoms with Gasteiger partial charge < -0.3 is 19.0 Å². The van der Waals surface area contributed by atoms with E-state index in [1.54, 1.807) is 7.11 Å². The molecule has 28 heavy (non-hydrogen) atoms. The molecule has 6 heteroatoms. The van der Waals surface area contributed by atoms with Gasteiger partial charge in [-0.05, 0) is 38.5 Å². The number of pyridine rings is 1. The van der Waals surface area contributed by atoms with E-state index < -0.39 is 0 Å². The molecule has 0 atom stereocenters. The van der Waals surface area contributed by atoms with Gasteiger partial charge in [0.2, 0.25) is 0 Å². The van der Waals surface area contributed by atoms with Crippen LogP contribution in [0.25, 0.3) is 10.9 Å². The highest BCUT2D eigenvalue weighted by atomic mass is 16.5. The number of ether oxygens (including phenoxy) is 1. The lowest BCUT2D eigenvalue weighted by atomic mass is 10.1. The van der Waals surface area contributed by atoms with Gasteiger partial charge >= 0.3 is 0 Å². The fourth-order valence-electron chi connectivity index (χ4n) is 4.01. The Balaban J connectivity index is 1.58. The van der Waals surface area contributed by atoms with E-state index in [0.29, 0.717) is 24.4 Å². The van der Waals surface area contributed by atoms with Gasteiger partial charge in [0.05, 0.1) is 18.4 Å². The van der Waals surface area contributed by atoms with Crippen LogP contribution < -0.4 is 9.64 Å². The third kappa shape index (κ3) is 3.09. The molecule has 0 unspecified atom stereocenters. The Hall–Kier alpha value is -3.02. The number of rotatable bonds is 3. The summed E-state index contributed by atoms with van der Waals surface area (Å²) in [6.45, 7) is 8.70. The van der Waals surface area contributed by atoms with Gasteiger partial charge in [-0.2, -0.15) is 0 Å². The molecule has 4 rings (SSSR count). The van der Waals surface area contributed by atoms with Crippen molar-refractivity contribution in [2.24, 2.45) is 0 Å². The molecule has 0 spiro atoms. The number of hydrogen-bond acceptors (Lipinski definition) is 5. The second-order valence-corrected chi connectivity index (χ2v) is 7.25. The zero-order valence-electron chi connectivity index (χ0n) is 16.8. The van der Waals surface area contributed by atoms with E-state index >= 15 is 0 Å². The molecule has 3 aromatic rings. The number of methoxy groups -OCH3 is 1. The summed E-state index contributed by atoms with van der Waals surface area (Å²) in [6, 6.07) is 7.84. The van der Waals surface area contributed by atoms with Gasteiger partial charge in [0.15, 0.2) is 0 Å². The molecule has 3 heterocycles. The van der Waals surface area contributed by atoms with Gasteiger partial charge in [-0.3, -0.25) is 9.78 Å². The van der Waals surface area contributed by atoms with E-state index in [1.807, 2.05) is 43.1 Å². The minimum Gasteiger partial charge on any atom is -0.494 e. The smallest absolute Gasteiger partial charge is 0.257 e. The van der Waals surface area contributed by atoms with Crippen LogP contribution in [0.1, 0.15) is 27.4 Å².